The average molecular weight is 435 g/mol. The number of benzene rings is 1. The van der Waals surface area contributed by atoms with Gasteiger partial charge in [-0.2, -0.15) is 23.4 Å². The molecule has 1 atom stereocenters. The van der Waals surface area contributed by atoms with E-state index in [1.54, 1.807) is 25.5 Å². The number of halogens is 3. The van der Waals surface area contributed by atoms with Gasteiger partial charge >= 0.3 is 6.18 Å². The molecule has 1 amide bonds. The molecule has 0 aliphatic heterocycles. The van der Waals surface area contributed by atoms with E-state index in [9.17, 15) is 22.8 Å². The maximum Gasteiger partial charge on any atom is 0.416 e. The van der Waals surface area contributed by atoms with Gasteiger partial charge in [-0.3, -0.25) is 14.3 Å². The number of carbonyl (C=O) groups is 1. The predicted octanol–water partition coefficient (Wildman–Crippen LogP) is 3.69. The van der Waals surface area contributed by atoms with Gasteiger partial charge in [0.05, 0.1) is 33.9 Å². The summed E-state index contributed by atoms with van der Waals surface area (Å²) >= 11 is 0. The van der Waals surface area contributed by atoms with Crippen molar-refractivity contribution in [3.05, 3.63) is 57.1 Å². The fourth-order valence-electron chi connectivity index (χ4n) is 3.50. The zero-order chi connectivity index (χ0) is 23.1. The van der Waals surface area contributed by atoms with Gasteiger partial charge in [-0.25, -0.2) is 4.68 Å². The first-order chi connectivity index (χ1) is 14.4. The number of hydrogen-bond acceptors (Lipinski definition) is 4. The summed E-state index contributed by atoms with van der Waals surface area (Å²) < 4.78 is 41.0. The maximum absolute atomic E-state index is 12.9. The largest absolute Gasteiger partial charge is 0.416 e. The van der Waals surface area contributed by atoms with Gasteiger partial charge in [-0.05, 0) is 52.3 Å². The minimum absolute atomic E-state index is 0.0415. The molecule has 10 heteroatoms. The highest BCUT2D eigenvalue weighted by atomic mass is 19.4. The van der Waals surface area contributed by atoms with Gasteiger partial charge in [0, 0.05) is 6.04 Å². The molecule has 1 aromatic carbocycles. The maximum atomic E-state index is 12.9. The van der Waals surface area contributed by atoms with Gasteiger partial charge in [0.15, 0.2) is 0 Å². The summed E-state index contributed by atoms with van der Waals surface area (Å²) in [6.07, 6.45) is -4.42. The molecule has 0 aliphatic carbocycles. The van der Waals surface area contributed by atoms with E-state index in [4.69, 9.17) is 0 Å². The van der Waals surface area contributed by atoms with Crippen molar-refractivity contribution in [3.8, 4) is 0 Å². The fraction of sp³-hybridized carbons (Fsp3) is 0.429. The van der Waals surface area contributed by atoms with Crippen LogP contribution in [0, 0.1) is 13.8 Å². The molecule has 0 saturated carbocycles. The molecule has 0 radical (unpaired) electrons. The van der Waals surface area contributed by atoms with Crippen LogP contribution in [0.25, 0.3) is 10.9 Å². The van der Waals surface area contributed by atoms with Crippen LogP contribution in [-0.2, 0) is 17.5 Å². The van der Waals surface area contributed by atoms with E-state index in [-0.39, 0.29) is 12.6 Å². The van der Waals surface area contributed by atoms with E-state index in [0.717, 1.165) is 16.8 Å². The molecule has 3 rings (SSSR count). The number of nitrogens with zero attached hydrogens (tertiary/aromatic N) is 4. The molecule has 1 N–H and O–H groups in total. The second-order valence-electron chi connectivity index (χ2n) is 7.80. The first kappa shape index (κ1) is 22.5. The Balaban J connectivity index is 1.81. The summed E-state index contributed by atoms with van der Waals surface area (Å²) in [5.74, 6) is -0.477. The van der Waals surface area contributed by atoms with Crippen molar-refractivity contribution < 1.29 is 18.0 Å². The van der Waals surface area contributed by atoms with Gasteiger partial charge < -0.3 is 5.32 Å². The van der Waals surface area contributed by atoms with Gasteiger partial charge in [0.2, 0.25) is 5.91 Å². The van der Waals surface area contributed by atoms with E-state index >= 15 is 0 Å². The average Bonchev–Trinajstić information content (AvgIpc) is 3.03. The fourth-order valence-corrected chi connectivity index (χ4v) is 3.50. The molecule has 0 bridgehead atoms. The standard InChI is InChI=1S/C21H24F3N5O2/c1-11(2)29-19-14(5)26-28(20(31)18(19)13(4)27-29)10-17(30)25-12(3)15-6-8-16(9-7-15)21(22,23)24/h6-9,11-12H,10H2,1-5H3,(H,25,30)/t12-/m0/s1. The predicted molar refractivity (Wildman–Crippen MR) is 110 cm³/mol. The number of alkyl halides is 3. The Hall–Kier alpha value is -3.17. The van der Waals surface area contributed by atoms with E-state index in [0.29, 0.717) is 27.9 Å². The number of nitrogens with one attached hydrogen (secondary N) is 1. The van der Waals surface area contributed by atoms with Crippen molar-refractivity contribution in [2.45, 2.75) is 59.4 Å². The van der Waals surface area contributed by atoms with Crippen molar-refractivity contribution in [2.24, 2.45) is 0 Å². The van der Waals surface area contributed by atoms with E-state index in [1.165, 1.54) is 12.1 Å². The van der Waals surface area contributed by atoms with Gasteiger partial charge in [-0.15, -0.1) is 0 Å². The lowest BCUT2D eigenvalue weighted by atomic mass is 10.1. The van der Waals surface area contributed by atoms with Crippen molar-refractivity contribution in [1.29, 1.82) is 0 Å². The minimum Gasteiger partial charge on any atom is -0.348 e. The van der Waals surface area contributed by atoms with Gasteiger partial charge in [-0.1, -0.05) is 12.1 Å². The highest BCUT2D eigenvalue weighted by molar-refractivity contribution is 5.83. The summed E-state index contributed by atoms with van der Waals surface area (Å²) in [5, 5.41) is 11.8. The zero-order valence-corrected chi connectivity index (χ0v) is 17.9. The lowest BCUT2D eigenvalue weighted by molar-refractivity contribution is -0.137. The molecule has 3 aromatic rings. The zero-order valence-electron chi connectivity index (χ0n) is 17.9. The summed E-state index contributed by atoms with van der Waals surface area (Å²) in [4.78, 5) is 25.4. The summed E-state index contributed by atoms with van der Waals surface area (Å²) in [5.41, 5.74) is 1.13. The summed E-state index contributed by atoms with van der Waals surface area (Å²) in [6, 6.07) is 4.07. The van der Waals surface area contributed by atoms with Crippen molar-refractivity contribution in [2.75, 3.05) is 0 Å². The third kappa shape index (κ3) is 4.47. The highest BCUT2D eigenvalue weighted by Crippen LogP contribution is 2.29. The highest BCUT2D eigenvalue weighted by Gasteiger charge is 2.30. The molecule has 31 heavy (non-hydrogen) atoms. The van der Waals surface area contributed by atoms with Crippen LogP contribution in [0.3, 0.4) is 0 Å². The molecule has 0 unspecified atom stereocenters. The number of aryl methyl sites for hydroxylation is 2. The molecule has 0 fully saturated rings. The van der Waals surface area contributed by atoms with Crippen LogP contribution in [0.2, 0.25) is 0 Å². The van der Waals surface area contributed by atoms with Crippen LogP contribution in [0.15, 0.2) is 29.1 Å². The monoisotopic (exact) mass is 435 g/mol. The Bertz CT molecular complexity index is 1180. The summed E-state index contributed by atoms with van der Waals surface area (Å²) in [6.45, 7) is 8.73. The number of hydrogen-bond donors (Lipinski definition) is 1. The van der Waals surface area contributed by atoms with E-state index < -0.39 is 29.2 Å². The Morgan fingerprint density at radius 3 is 2.23 bits per heavy atom. The Morgan fingerprint density at radius 1 is 1.06 bits per heavy atom. The molecule has 7 nitrogen and oxygen atoms in total. The van der Waals surface area contributed by atoms with E-state index in [1.807, 2.05) is 13.8 Å². The first-order valence-electron chi connectivity index (χ1n) is 9.83. The lowest BCUT2D eigenvalue weighted by Gasteiger charge is -2.16. The quantitative estimate of drug-likeness (QED) is 0.663. The lowest BCUT2D eigenvalue weighted by Crippen LogP contribution is -2.35. The molecular formula is C21H24F3N5O2. The van der Waals surface area contributed by atoms with Crippen LogP contribution in [0.1, 0.15) is 55.4 Å². The minimum atomic E-state index is -4.42. The Kier molecular flexibility index (Phi) is 5.93. The molecule has 2 heterocycles. The molecule has 0 aliphatic rings. The second-order valence-corrected chi connectivity index (χ2v) is 7.80. The Morgan fingerprint density at radius 2 is 1.68 bits per heavy atom. The smallest absolute Gasteiger partial charge is 0.348 e. The van der Waals surface area contributed by atoms with Gasteiger partial charge in [0.25, 0.3) is 5.56 Å². The van der Waals surface area contributed by atoms with Gasteiger partial charge in [0.1, 0.15) is 6.54 Å². The summed E-state index contributed by atoms with van der Waals surface area (Å²) in [7, 11) is 0. The third-order valence-electron chi connectivity index (χ3n) is 5.05. The van der Waals surface area contributed by atoms with Crippen molar-refractivity contribution >= 4 is 16.8 Å². The van der Waals surface area contributed by atoms with Crippen LogP contribution >= 0.6 is 0 Å². The Labute approximate surface area is 176 Å². The number of fused-ring (bicyclic) bond motifs is 1. The topological polar surface area (TPSA) is 81.8 Å². The van der Waals surface area contributed by atoms with Crippen LogP contribution in [0.4, 0.5) is 13.2 Å². The van der Waals surface area contributed by atoms with Crippen LogP contribution in [0.5, 0.6) is 0 Å². The molecule has 0 spiro atoms. The normalized spacial score (nSPS) is 13.1. The van der Waals surface area contributed by atoms with Crippen LogP contribution in [-0.4, -0.2) is 25.5 Å². The second kappa shape index (κ2) is 8.16. The van der Waals surface area contributed by atoms with Crippen LogP contribution < -0.4 is 10.9 Å². The van der Waals surface area contributed by atoms with Crippen molar-refractivity contribution in [3.63, 3.8) is 0 Å². The third-order valence-corrected chi connectivity index (χ3v) is 5.05. The first-order valence-corrected chi connectivity index (χ1v) is 9.83. The number of carbonyl (C=O) groups excluding carboxylic acids is 1. The molecular weight excluding hydrogens is 411 g/mol. The molecule has 2 aromatic heterocycles. The van der Waals surface area contributed by atoms with Crippen molar-refractivity contribution in [1.82, 2.24) is 24.9 Å². The number of amides is 1. The van der Waals surface area contributed by atoms with E-state index in [2.05, 4.69) is 15.5 Å². The number of aromatic nitrogens is 4. The molecule has 0 saturated heterocycles. The SMILES string of the molecule is Cc1nn(C(C)C)c2c(C)nn(CC(=O)N[C@@H](C)c3ccc(C(F)(F)F)cc3)c(=O)c12. The molecule has 166 valence electrons. The number of rotatable bonds is 5.